The zero-order chi connectivity index (χ0) is 19.1. The molecule has 0 aliphatic rings. The van der Waals surface area contributed by atoms with Crippen LogP contribution in [0.15, 0.2) is 77.0 Å². The van der Waals surface area contributed by atoms with Gasteiger partial charge in [-0.3, -0.25) is 5.10 Å². The lowest BCUT2D eigenvalue weighted by atomic mass is 10.2. The summed E-state index contributed by atoms with van der Waals surface area (Å²) in [5.74, 6) is 0.513. The van der Waals surface area contributed by atoms with Gasteiger partial charge in [0, 0.05) is 11.1 Å². The van der Waals surface area contributed by atoms with Crippen molar-refractivity contribution in [3.05, 3.63) is 67.1 Å². The van der Waals surface area contributed by atoms with E-state index in [0.29, 0.717) is 16.9 Å². The maximum absolute atomic E-state index is 12.9. The third-order valence-corrected chi connectivity index (χ3v) is 6.14. The molecule has 0 aliphatic carbocycles. The molecule has 5 aromatic rings. The molecule has 0 aliphatic heterocycles. The van der Waals surface area contributed by atoms with Gasteiger partial charge in [0.1, 0.15) is 22.8 Å². The van der Waals surface area contributed by atoms with E-state index < -0.39 is 9.84 Å². The molecule has 8 nitrogen and oxygen atoms in total. The van der Waals surface area contributed by atoms with Gasteiger partial charge in [-0.25, -0.2) is 18.4 Å². The Bertz CT molecular complexity index is 1410. The Morgan fingerprint density at radius 1 is 0.964 bits per heavy atom. The van der Waals surface area contributed by atoms with Crippen LogP contribution in [0.3, 0.4) is 0 Å². The number of fused-ring (bicyclic) bond motifs is 2. The zero-order valence-electron chi connectivity index (χ0n) is 14.4. The molecule has 0 bridgehead atoms. The van der Waals surface area contributed by atoms with Crippen LogP contribution in [0.25, 0.3) is 21.9 Å². The SMILES string of the molecule is O=S(=O)(c1ccccc1)c1cc2c(Nc3ccc4[nH]ncc4c3)ncnc2[nH]1. The molecule has 0 saturated heterocycles. The predicted molar refractivity (Wildman–Crippen MR) is 105 cm³/mol. The number of aromatic amines is 2. The van der Waals surface area contributed by atoms with E-state index in [1.807, 2.05) is 18.2 Å². The van der Waals surface area contributed by atoms with E-state index >= 15 is 0 Å². The van der Waals surface area contributed by atoms with Gasteiger partial charge in [-0.2, -0.15) is 5.10 Å². The topological polar surface area (TPSA) is 116 Å². The van der Waals surface area contributed by atoms with E-state index in [9.17, 15) is 8.42 Å². The third-order valence-electron chi connectivity index (χ3n) is 4.45. The molecule has 3 heterocycles. The fourth-order valence-corrected chi connectivity index (χ4v) is 4.32. The number of rotatable bonds is 4. The lowest BCUT2D eigenvalue weighted by Gasteiger charge is -2.06. The highest BCUT2D eigenvalue weighted by Gasteiger charge is 2.21. The summed E-state index contributed by atoms with van der Waals surface area (Å²) in [7, 11) is -3.68. The van der Waals surface area contributed by atoms with Crippen molar-refractivity contribution in [3.63, 3.8) is 0 Å². The van der Waals surface area contributed by atoms with Gasteiger partial charge in [0.2, 0.25) is 9.84 Å². The van der Waals surface area contributed by atoms with E-state index in [0.717, 1.165) is 16.6 Å². The minimum Gasteiger partial charge on any atom is -0.340 e. The maximum atomic E-state index is 12.9. The van der Waals surface area contributed by atoms with Crippen LogP contribution in [0.4, 0.5) is 11.5 Å². The van der Waals surface area contributed by atoms with Gasteiger partial charge < -0.3 is 10.3 Å². The van der Waals surface area contributed by atoms with Crippen molar-refractivity contribution in [2.45, 2.75) is 9.92 Å². The molecule has 5 rings (SSSR count). The van der Waals surface area contributed by atoms with Crippen LogP contribution in [0.5, 0.6) is 0 Å². The maximum Gasteiger partial charge on any atom is 0.221 e. The van der Waals surface area contributed by atoms with Crippen molar-refractivity contribution < 1.29 is 8.42 Å². The van der Waals surface area contributed by atoms with Gasteiger partial charge in [-0.15, -0.1) is 0 Å². The molecule has 28 heavy (non-hydrogen) atoms. The van der Waals surface area contributed by atoms with E-state index in [2.05, 4.69) is 30.5 Å². The van der Waals surface area contributed by atoms with Crippen LogP contribution in [0, 0.1) is 0 Å². The molecule has 3 N–H and O–H groups in total. The average Bonchev–Trinajstić information content (AvgIpc) is 3.36. The molecule has 0 atom stereocenters. The summed E-state index contributed by atoms with van der Waals surface area (Å²) in [5, 5.41) is 11.7. The highest BCUT2D eigenvalue weighted by Crippen LogP contribution is 2.29. The highest BCUT2D eigenvalue weighted by atomic mass is 32.2. The Morgan fingerprint density at radius 3 is 2.68 bits per heavy atom. The first-order valence-electron chi connectivity index (χ1n) is 8.45. The van der Waals surface area contributed by atoms with Gasteiger partial charge in [0.05, 0.1) is 22.0 Å². The van der Waals surface area contributed by atoms with Gasteiger partial charge in [-0.05, 0) is 36.4 Å². The molecular weight excluding hydrogens is 376 g/mol. The number of anilines is 2. The van der Waals surface area contributed by atoms with Gasteiger partial charge in [-0.1, -0.05) is 18.2 Å². The van der Waals surface area contributed by atoms with Gasteiger partial charge in [0.25, 0.3) is 0 Å². The van der Waals surface area contributed by atoms with Crippen LogP contribution in [0.2, 0.25) is 0 Å². The number of nitrogens with one attached hydrogen (secondary N) is 3. The van der Waals surface area contributed by atoms with Gasteiger partial charge in [0.15, 0.2) is 0 Å². The van der Waals surface area contributed by atoms with E-state index in [4.69, 9.17) is 0 Å². The number of aromatic nitrogens is 5. The molecule has 0 saturated carbocycles. The average molecular weight is 390 g/mol. The van der Waals surface area contributed by atoms with Crippen LogP contribution in [-0.2, 0) is 9.84 Å². The van der Waals surface area contributed by atoms with E-state index in [1.54, 1.807) is 42.6 Å². The lowest BCUT2D eigenvalue weighted by Crippen LogP contribution is -2.01. The number of nitrogens with zero attached hydrogens (tertiary/aromatic N) is 3. The summed E-state index contributed by atoms with van der Waals surface area (Å²) in [4.78, 5) is 11.6. The van der Waals surface area contributed by atoms with Crippen molar-refractivity contribution in [2.75, 3.05) is 5.32 Å². The molecule has 3 aromatic heterocycles. The Labute approximate surface area is 159 Å². The fourth-order valence-electron chi connectivity index (χ4n) is 3.04. The standard InChI is InChI=1S/C19H14N6O2S/c26-28(27,14-4-2-1-3-5-14)17-9-15-18(20-11-21-19(15)24-17)23-13-6-7-16-12(8-13)10-22-25-16/h1-11H,(H,22,25)(H2,20,21,23,24). The smallest absolute Gasteiger partial charge is 0.221 e. The molecule has 138 valence electrons. The molecule has 0 radical (unpaired) electrons. The Kier molecular flexibility index (Phi) is 3.63. The predicted octanol–water partition coefficient (Wildman–Crippen LogP) is 3.41. The summed E-state index contributed by atoms with van der Waals surface area (Å²) in [6.07, 6.45) is 3.12. The minimum absolute atomic E-state index is 0.0718. The normalized spacial score (nSPS) is 11.9. The lowest BCUT2D eigenvalue weighted by molar-refractivity contribution is 0.593. The van der Waals surface area contributed by atoms with Crippen LogP contribution in [0.1, 0.15) is 0 Å². The van der Waals surface area contributed by atoms with Crippen LogP contribution in [-0.4, -0.2) is 33.6 Å². The van der Waals surface area contributed by atoms with E-state index in [1.165, 1.54) is 6.33 Å². The molecule has 0 unspecified atom stereocenters. The minimum atomic E-state index is -3.68. The quantitative estimate of drug-likeness (QED) is 0.433. The summed E-state index contributed by atoms with van der Waals surface area (Å²) in [6.45, 7) is 0. The number of benzene rings is 2. The number of H-pyrrole nitrogens is 2. The van der Waals surface area contributed by atoms with Crippen molar-refractivity contribution in [1.82, 2.24) is 25.1 Å². The second-order valence-electron chi connectivity index (χ2n) is 6.23. The van der Waals surface area contributed by atoms with E-state index in [-0.39, 0.29) is 9.92 Å². The molecule has 2 aromatic carbocycles. The Morgan fingerprint density at radius 2 is 1.82 bits per heavy atom. The third kappa shape index (κ3) is 2.69. The molecule has 0 fully saturated rings. The number of hydrogen-bond donors (Lipinski definition) is 3. The van der Waals surface area contributed by atoms with Crippen LogP contribution >= 0.6 is 0 Å². The summed E-state index contributed by atoms with van der Waals surface area (Å²) >= 11 is 0. The summed E-state index contributed by atoms with van der Waals surface area (Å²) < 4.78 is 25.8. The second-order valence-corrected chi connectivity index (χ2v) is 8.15. The van der Waals surface area contributed by atoms with Crippen molar-refractivity contribution in [1.29, 1.82) is 0 Å². The first kappa shape index (κ1) is 16.5. The van der Waals surface area contributed by atoms with Gasteiger partial charge >= 0.3 is 0 Å². The van der Waals surface area contributed by atoms with Crippen LogP contribution < -0.4 is 5.32 Å². The monoisotopic (exact) mass is 390 g/mol. The molecule has 9 heteroatoms. The number of sulfone groups is 1. The second kappa shape index (κ2) is 6.17. The zero-order valence-corrected chi connectivity index (χ0v) is 15.2. The Balaban J connectivity index is 1.57. The molecule has 0 amide bonds. The molecular formula is C19H14N6O2S. The van der Waals surface area contributed by atoms with Crippen molar-refractivity contribution in [3.8, 4) is 0 Å². The highest BCUT2D eigenvalue weighted by molar-refractivity contribution is 7.91. The first-order valence-corrected chi connectivity index (χ1v) is 9.93. The number of hydrogen-bond acceptors (Lipinski definition) is 6. The summed E-state index contributed by atoms with van der Waals surface area (Å²) in [6, 6.07) is 15.6. The molecule has 0 spiro atoms. The Hall–Kier alpha value is -3.72. The van der Waals surface area contributed by atoms with Crippen molar-refractivity contribution in [2.24, 2.45) is 0 Å². The fraction of sp³-hybridized carbons (Fsp3) is 0. The van der Waals surface area contributed by atoms with Crippen molar-refractivity contribution >= 4 is 43.3 Å². The summed E-state index contributed by atoms with van der Waals surface area (Å²) in [5.41, 5.74) is 2.18. The first-order chi connectivity index (χ1) is 13.6. The largest absolute Gasteiger partial charge is 0.340 e.